The van der Waals surface area contributed by atoms with Crippen LogP contribution in [0.25, 0.3) is 0 Å². The van der Waals surface area contributed by atoms with E-state index in [2.05, 4.69) is 18.8 Å². The fourth-order valence-corrected chi connectivity index (χ4v) is 1.22. The van der Waals surface area contributed by atoms with E-state index in [9.17, 15) is 9.59 Å². The lowest BCUT2D eigenvalue weighted by atomic mass is 10.1. The summed E-state index contributed by atoms with van der Waals surface area (Å²) in [4.78, 5) is 24.7. The summed E-state index contributed by atoms with van der Waals surface area (Å²) in [6.45, 7) is 6.51. The van der Waals surface area contributed by atoms with Gasteiger partial charge in [0.2, 0.25) is 0 Å². The zero-order valence-corrected chi connectivity index (χ0v) is 8.83. The highest BCUT2D eigenvalue weighted by molar-refractivity contribution is 5.00. The molecule has 1 rings (SSSR count). The highest BCUT2D eigenvalue weighted by Crippen LogP contribution is 2.02. The van der Waals surface area contributed by atoms with E-state index in [0.29, 0.717) is 18.0 Å². The zero-order valence-electron chi connectivity index (χ0n) is 8.83. The largest absolute Gasteiger partial charge is 0.328 e. The van der Waals surface area contributed by atoms with Crippen molar-refractivity contribution in [2.75, 3.05) is 0 Å². The number of hydrogen-bond donors (Lipinski definition) is 1. The van der Waals surface area contributed by atoms with E-state index in [4.69, 9.17) is 0 Å². The van der Waals surface area contributed by atoms with E-state index in [1.807, 2.05) is 0 Å². The fraction of sp³-hybridized carbons (Fsp3) is 0.600. The smallest absolute Gasteiger partial charge is 0.300 e. The van der Waals surface area contributed by atoms with Crippen LogP contribution in [0.1, 0.15) is 25.8 Å². The molecule has 4 nitrogen and oxygen atoms in total. The SMILES string of the molecule is CC[C@H](C)Cn1cc(C)c(=O)[nH]c1=O. The molecule has 78 valence electrons. The van der Waals surface area contributed by atoms with Gasteiger partial charge in [-0.1, -0.05) is 20.3 Å². The molecule has 0 bridgehead atoms. The van der Waals surface area contributed by atoms with Gasteiger partial charge in [-0.05, 0) is 12.8 Å². The second kappa shape index (κ2) is 4.26. The van der Waals surface area contributed by atoms with Gasteiger partial charge < -0.3 is 4.57 Å². The third-order valence-corrected chi connectivity index (χ3v) is 2.39. The number of hydrogen-bond acceptors (Lipinski definition) is 2. The maximum Gasteiger partial charge on any atom is 0.328 e. The molecule has 0 aliphatic heterocycles. The molecule has 0 fully saturated rings. The normalized spacial score (nSPS) is 12.8. The second-order valence-corrected chi connectivity index (χ2v) is 3.74. The van der Waals surface area contributed by atoms with Crippen LogP contribution in [-0.2, 0) is 6.54 Å². The van der Waals surface area contributed by atoms with Crippen molar-refractivity contribution in [2.24, 2.45) is 5.92 Å². The lowest BCUT2D eigenvalue weighted by Crippen LogP contribution is -2.32. The Kier molecular flexibility index (Phi) is 3.28. The molecule has 1 N–H and O–H groups in total. The standard InChI is InChI=1S/C10H16N2O2/c1-4-7(2)5-12-6-8(3)9(13)11-10(12)14/h6-7H,4-5H2,1-3H3,(H,11,13,14)/t7-/m0/s1. The number of nitrogens with one attached hydrogen (secondary N) is 1. The third kappa shape index (κ3) is 2.34. The van der Waals surface area contributed by atoms with Crippen molar-refractivity contribution < 1.29 is 0 Å². The van der Waals surface area contributed by atoms with Gasteiger partial charge in [-0.15, -0.1) is 0 Å². The minimum atomic E-state index is -0.319. The van der Waals surface area contributed by atoms with Crippen LogP contribution in [0.15, 0.2) is 15.8 Å². The zero-order chi connectivity index (χ0) is 10.7. The molecule has 1 heterocycles. The Morgan fingerprint density at radius 1 is 1.50 bits per heavy atom. The average Bonchev–Trinajstić information content (AvgIpc) is 2.14. The van der Waals surface area contributed by atoms with Gasteiger partial charge in [0.1, 0.15) is 0 Å². The van der Waals surface area contributed by atoms with Gasteiger partial charge in [-0.2, -0.15) is 0 Å². The van der Waals surface area contributed by atoms with Crippen molar-refractivity contribution in [1.29, 1.82) is 0 Å². The summed E-state index contributed by atoms with van der Waals surface area (Å²) in [5, 5.41) is 0. The number of rotatable bonds is 3. The second-order valence-electron chi connectivity index (χ2n) is 3.74. The first-order valence-corrected chi connectivity index (χ1v) is 4.85. The van der Waals surface area contributed by atoms with Gasteiger partial charge in [0.25, 0.3) is 5.56 Å². The van der Waals surface area contributed by atoms with Crippen molar-refractivity contribution in [1.82, 2.24) is 9.55 Å². The monoisotopic (exact) mass is 196 g/mol. The number of aromatic amines is 1. The highest BCUT2D eigenvalue weighted by atomic mass is 16.2. The maximum atomic E-state index is 11.4. The number of aromatic nitrogens is 2. The van der Waals surface area contributed by atoms with E-state index in [-0.39, 0.29) is 11.2 Å². The molecule has 1 atom stereocenters. The average molecular weight is 196 g/mol. The van der Waals surface area contributed by atoms with Crippen molar-refractivity contribution >= 4 is 0 Å². The van der Waals surface area contributed by atoms with Crippen LogP contribution in [0, 0.1) is 12.8 Å². The first-order chi connectivity index (χ1) is 6.54. The first kappa shape index (κ1) is 10.8. The number of nitrogens with zero attached hydrogens (tertiary/aromatic N) is 1. The van der Waals surface area contributed by atoms with Gasteiger partial charge in [0.05, 0.1) is 0 Å². The maximum absolute atomic E-state index is 11.4. The van der Waals surface area contributed by atoms with E-state index >= 15 is 0 Å². The minimum absolute atomic E-state index is 0.296. The lowest BCUT2D eigenvalue weighted by molar-refractivity contribution is 0.452. The summed E-state index contributed by atoms with van der Waals surface area (Å²) in [6.07, 6.45) is 2.64. The quantitative estimate of drug-likeness (QED) is 0.780. The molecule has 0 unspecified atom stereocenters. The van der Waals surface area contributed by atoms with Gasteiger partial charge in [0.15, 0.2) is 0 Å². The van der Waals surface area contributed by atoms with Crippen LogP contribution in [-0.4, -0.2) is 9.55 Å². The molecule has 0 spiro atoms. The van der Waals surface area contributed by atoms with E-state index in [1.54, 1.807) is 17.7 Å². The Hall–Kier alpha value is -1.32. The third-order valence-electron chi connectivity index (χ3n) is 2.39. The van der Waals surface area contributed by atoms with Crippen molar-refractivity contribution in [2.45, 2.75) is 33.7 Å². The molecule has 0 aromatic carbocycles. The van der Waals surface area contributed by atoms with E-state index in [1.165, 1.54) is 0 Å². The first-order valence-electron chi connectivity index (χ1n) is 4.85. The Bertz CT molecular complexity index is 417. The summed E-state index contributed by atoms with van der Waals surface area (Å²) >= 11 is 0. The van der Waals surface area contributed by atoms with Crippen molar-refractivity contribution in [3.63, 3.8) is 0 Å². The highest BCUT2D eigenvalue weighted by Gasteiger charge is 2.04. The Balaban J connectivity index is 3.04. The minimum Gasteiger partial charge on any atom is -0.300 e. The summed E-state index contributed by atoms with van der Waals surface area (Å²) in [7, 11) is 0. The summed E-state index contributed by atoms with van der Waals surface area (Å²) in [5.74, 6) is 0.443. The topological polar surface area (TPSA) is 54.9 Å². The molecule has 0 saturated carbocycles. The molecule has 1 aromatic rings. The Labute approximate surface area is 82.6 Å². The number of aryl methyl sites for hydroxylation is 1. The molecular weight excluding hydrogens is 180 g/mol. The Morgan fingerprint density at radius 2 is 2.14 bits per heavy atom. The van der Waals surface area contributed by atoms with Crippen LogP contribution in [0.5, 0.6) is 0 Å². The summed E-state index contributed by atoms with van der Waals surface area (Å²) < 4.78 is 1.56. The predicted octanol–water partition coefficient (Wildman–Crippen LogP) is 0.891. The summed E-state index contributed by atoms with van der Waals surface area (Å²) in [6, 6.07) is 0. The van der Waals surface area contributed by atoms with E-state index in [0.717, 1.165) is 6.42 Å². The molecule has 1 aromatic heterocycles. The van der Waals surface area contributed by atoms with E-state index < -0.39 is 0 Å². The van der Waals surface area contributed by atoms with Crippen LogP contribution < -0.4 is 11.2 Å². The van der Waals surface area contributed by atoms with Gasteiger partial charge in [0, 0.05) is 18.3 Å². The van der Waals surface area contributed by atoms with Gasteiger partial charge >= 0.3 is 5.69 Å². The van der Waals surface area contributed by atoms with Crippen LogP contribution in [0.2, 0.25) is 0 Å². The van der Waals surface area contributed by atoms with Gasteiger partial charge in [-0.25, -0.2) is 4.79 Å². The molecule has 0 aliphatic rings. The lowest BCUT2D eigenvalue weighted by Gasteiger charge is -2.10. The van der Waals surface area contributed by atoms with Crippen molar-refractivity contribution in [3.8, 4) is 0 Å². The fourth-order valence-electron chi connectivity index (χ4n) is 1.22. The summed E-state index contributed by atoms with van der Waals surface area (Å²) in [5.41, 5.74) is -0.0378. The predicted molar refractivity (Wildman–Crippen MR) is 55.5 cm³/mol. The number of H-pyrrole nitrogens is 1. The molecule has 4 heteroatoms. The molecule has 0 saturated heterocycles. The van der Waals surface area contributed by atoms with Gasteiger partial charge in [-0.3, -0.25) is 9.78 Å². The molecule has 14 heavy (non-hydrogen) atoms. The van der Waals surface area contributed by atoms with Crippen LogP contribution in [0.4, 0.5) is 0 Å². The van der Waals surface area contributed by atoms with Crippen LogP contribution in [0.3, 0.4) is 0 Å². The molecule has 0 radical (unpaired) electrons. The molecule has 0 amide bonds. The van der Waals surface area contributed by atoms with Crippen molar-refractivity contribution in [3.05, 3.63) is 32.6 Å². The molecule has 0 aliphatic carbocycles. The Morgan fingerprint density at radius 3 is 2.71 bits per heavy atom. The van der Waals surface area contributed by atoms with Crippen LogP contribution >= 0.6 is 0 Å². The molecular formula is C10H16N2O2.